The summed E-state index contributed by atoms with van der Waals surface area (Å²) in [4.78, 5) is 33.3. The highest BCUT2D eigenvalue weighted by atomic mass is 35.5. The second-order valence-corrected chi connectivity index (χ2v) is 11.2. The molecular weight excluding hydrogens is 509 g/mol. The Morgan fingerprint density at radius 1 is 1.21 bits per heavy atom. The van der Waals surface area contributed by atoms with E-state index in [0.717, 1.165) is 40.7 Å². The average Bonchev–Trinajstić information content (AvgIpc) is 3.18. The van der Waals surface area contributed by atoms with Gasteiger partial charge in [-0.2, -0.15) is 0 Å². The molecule has 1 amide bonds. The Morgan fingerprint density at radius 3 is 2.76 bits per heavy atom. The lowest BCUT2D eigenvalue weighted by atomic mass is 9.89. The largest absolute Gasteiger partial charge is 0.325 e. The van der Waals surface area contributed by atoms with Gasteiger partial charge < -0.3 is 5.32 Å². The molecule has 174 valence electrons. The van der Waals surface area contributed by atoms with Crippen molar-refractivity contribution in [2.45, 2.75) is 31.3 Å². The van der Waals surface area contributed by atoms with Gasteiger partial charge in [0.2, 0.25) is 5.91 Å². The van der Waals surface area contributed by atoms with Crippen molar-refractivity contribution in [3.05, 3.63) is 79.4 Å². The van der Waals surface area contributed by atoms with E-state index in [4.69, 9.17) is 28.2 Å². The van der Waals surface area contributed by atoms with E-state index in [1.54, 1.807) is 34.1 Å². The summed E-state index contributed by atoms with van der Waals surface area (Å²) in [5.74, 6) is 0.472. The van der Waals surface area contributed by atoms with Crippen LogP contribution < -0.4 is 10.9 Å². The van der Waals surface area contributed by atoms with Crippen molar-refractivity contribution in [2.24, 2.45) is 5.92 Å². The number of nitrogens with zero attached hydrogens (tertiary/aromatic N) is 2. The second kappa shape index (κ2) is 9.74. The predicted octanol–water partition coefficient (Wildman–Crippen LogP) is 6.61. The van der Waals surface area contributed by atoms with Gasteiger partial charge in [-0.3, -0.25) is 14.2 Å². The highest BCUT2D eigenvalue weighted by Crippen LogP contribution is 2.37. The Bertz CT molecular complexity index is 1450. The number of hydrogen-bond acceptors (Lipinski definition) is 5. The summed E-state index contributed by atoms with van der Waals surface area (Å²) in [6.07, 6.45) is 2.96. The van der Waals surface area contributed by atoms with Gasteiger partial charge in [0, 0.05) is 10.6 Å². The van der Waals surface area contributed by atoms with Gasteiger partial charge in [0.1, 0.15) is 4.83 Å². The minimum absolute atomic E-state index is 0.0735. The lowest BCUT2D eigenvalue weighted by molar-refractivity contribution is -0.113. The summed E-state index contributed by atoms with van der Waals surface area (Å²) >= 11 is 14.9. The van der Waals surface area contributed by atoms with Crippen molar-refractivity contribution in [1.29, 1.82) is 0 Å². The monoisotopic (exact) mass is 529 g/mol. The molecule has 0 aliphatic heterocycles. The van der Waals surface area contributed by atoms with Crippen molar-refractivity contribution in [3.63, 3.8) is 0 Å². The molecule has 0 spiro atoms. The van der Waals surface area contributed by atoms with Crippen molar-refractivity contribution < 1.29 is 4.79 Å². The molecule has 9 heteroatoms. The summed E-state index contributed by atoms with van der Waals surface area (Å²) in [5, 5.41) is 4.83. The normalized spacial score (nSPS) is 15.3. The first-order chi connectivity index (χ1) is 16.4. The van der Waals surface area contributed by atoms with E-state index < -0.39 is 0 Å². The van der Waals surface area contributed by atoms with Gasteiger partial charge in [-0.15, -0.1) is 11.3 Å². The van der Waals surface area contributed by atoms with Crippen LogP contribution in [0.2, 0.25) is 10.0 Å². The zero-order valence-electron chi connectivity index (χ0n) is 18.3. The number of anilines is 1. The molecule has 1 atom stereocenters. The maximum absolute atomic E-state index is 13.8. The SMILES string of the molecule is C[C@@H]1CCc2c(sc3nc(SCC(=O)Nc4ccc(Cl)c(Cl)c4)n(-c4ccccc4)c(=O)c23)C1. The van der Waals surface area contributed by atoms with E-state index in [-0.39, 0.29) is 17.2 Å². The van der Waals surface area contributed by atoms with Crippen LogP contribution in [0.1, 0.15) is 23.8 Å². The molecule has 0 radical (unpaired) electrons. The van der Waals surface area contributed by atoms with Crippen LogP contribution in [-0.2, 0) is 17.6 Å². The van der Waals surface area contributed by atoms with Gasteiger partial charge in [0.05, 0.1) is 26.9 Å². The molecule has 1 aliphatic rings. The lowest BCUT2D eigenvalue weighted by Gasteiger charge is -2.17. The summed E-state index contributed by atoms with van der Waals surface area (Å²) in [5.41, 5.74) is 2.37. The third-order valence-electron chi connectivity index (χ3n) is 5.85. The first-order valence-electron chi connectivity index (χ1n) is 10.9. The van der Waals surface area contributed by atoms with Gasteiger partial charge in [-0.1, -0.05) is 60.1 Å². The highest BCUT2D eigenvalue weighted by molar-refractivity contribution is 7.99. The lowest BCUT2D eigenvalue weighted by Crippen LogP contribution is -2.23. The van der Waals surface area contributed by atoms with Gasteiger partial charge >= 0.3 is 0 Å². The number of fused-ring (bicyclic) bond motifs is 3. The van der Waals surface area contributed by atoms with Crippen molar-refractivity contribution in [2.75, 3.05) is 11.1 Å². The second-order valence-electron chi connectivity index (χ2n) is 8.37. The zero-order chi connectivity index (χ0) is 23.8. The fourth-order valence-corrected chi connectivity index (χ4v) is 6.71. The number of benzene rings is 2. The van der Waals surface area contributed by atoms with E-state index in [2.05, 4.69) is 12.2 Å². The number of hydrogen-bond donors (Lipinski definition) is 1. The number of rotatable bonds is 5. The van der Waals surface area contributed by atoms with Crippen molar-refractivity contribution in [3.8, 4) is 5.69 Å². The molecule has 1 aliphatic carbocycles. The molecule has 0 unspecified atom stereocenters. The van der Waals surface area contributed by atoms with Crippen LogP contribution in [0.15, 0.2) is 58.5 Å². The first-order valence-corrected chi connectivity index (χ1v) is 13.5. The van der Waals surface area contributed by atoms with Crippen LogP contribution in [0.5, 0.6) is 0 Å². The van der Waals surface area contributed by atoms with Crippen LogP contribution in [0.4, 0.5) is 5.69 Å². The Hall–Kier alpha value is -2.32. The number of thiophene rings is 1. The molecule has 34 heavy (non-hydrogen) atoms. The number of thioether (sulfide) groups is 1. The molecule has 5 rings (SSSR count). The van der Waals surface area contributed by atoms with Gasteiger partial charge in [0.15, 0.2) is 5.16 Å². The van der Waals surface area contributed by atoms with E-state index in [9.17, 15) is 9.59 Å². The van der Waals surface area contributed by atoms with Crippen molar-refractivity contribution >= 4 is 68.1 Å². The minimum atomic E-state index is -0.225. The molecule has 2 heterocycles. The molecule has 2 aromatic carbocycles. The number of nitrogens with one attached hydrogen (secondary N) is 1. The van der Waals surface area contributed by atoms with Crippen LogP contribution in [0, 0.1) is 5.92 Å². The van der Waals surface area contributed by atoms with E-state index in [1.165, 1.54) is 16.6 Å². The summed E-state index contributed by atoms with van der Waals surface area (Å²) in [7, 11) is 0. The minimum Gasteiger partial charge on any atom is -0.325 e. The molecular formula is C25H21Cl2N3O2S2. The fourth-order valence-electron chi connectivity index (χ4n) is 4.17. The maximum atomic E-state index is 13.8. The molecule has 4 aromatic rings. The molecule has 0 saturated heterocycles. The van der Waals surface area contributed by atoms with Crippen LogP contribution >= 0.6 is 46.3 Å². The Balaban J connectivity index is 1.50. The maximum Gasteiger partial charge on any atom is 0.267 e. The number of carbonyl (C=O) groups excluding carboxylic acids is 1. The van der Waals surface area contributed by atoms with Crippen molar-refractivity contribution in [1.82, 2.24) is 9.55 Å². The number of para-hydroxylation sites is 1. The molecule has 2 aromatic heterocycles. The van der Waals surface area contributed by atoms with E-state index in [0.29, 0.717) is 26.8 Å². The fraction of sp³-hybridized carbons (Fsp3) is 0.240. The van der Waals surface area contributed by atoms with E-state index in [1.807, 2.05) is 30.3 Å². The third kappa shape index (κ3) is 4.62. The molecule has 0 fully saturated rings. The van der Waals surface area contributed by atoms with Gasteiger partial charge in [-0.25, -0.2) is 4.98 Å². The number of amides is 1. The van der Waals surface area contributed by atoms with Gasteiger partial charge in [-0.05, 0) is 61.1 Å². The number of carbonyl (C=O) groups is 1. The van der Waals surface area contributed by atoms with Crippen LogP contribution in [-0.4, -0.2) is 21.2 Å². The zero-order valence-corrected chi connectivity index (χ0v) is 21.5. The molecule has 5 nitrogen and oxygen atoms in total. The highest BCUT2D eigenvalue weighted by Gasteiger charge is 2.25. The summed E-state index contributed by atoms with van der Waals surface area (Å²) < 4.78 is 1.63. The van der Waals surface area contributed by atoms with Crippen LogP contribution in [0.3, 0.4) is 0 Å². The average molecular weight is 531 g/mol. The summed E-state index contributed by atoms with van der Waals surface area (Å²) in [6.45, 7) is 2.25. The standard InChI is InChI=1S/C25H21Cl2N3O2S2/c1-14-7-9-17-20(11-14)34-23-22(17)24(32)30(16-5-3-2-4-6-16)25(29-23)33-13-21(31)28-15-8-10-18(26)19(27)12-15/h2-6,8,10,12,14H,7,9,11,13H2,1H3,(H,28,31)/t14-/m1/s1. The number of halogens is 2. The third-order valence-corrected chi connectivity index (χ3v) is 8.67. The topological polar surface area (TPSA) is 64.0 Å². The predicted molar refractivity (Wildman–Crippen MR) is 142 cm³/mol. The Morgan fingerprint density at radius 2 is 2.00 bits per heavy atom. The quantitative estimate of drug-likeness (QED) is 0.233. The molecule has 0 saturated carbocycles. The smallest absolute Gasteiger partial charge is 0.267 e. The van der Waals surface area contributed by atoms with Gasteiger partial charge in [0.25, 0.3) is 5.56 Å². The van der Waals surface area contributed by atoms with Crippen LogP contribution in [0.25, 0.3) is 15.9 Å². The number of aryl methyl sites for hydroxylation is 1. The Labute approximate surface area is 215 Å². The van der Waals surface area contributed by atoms with E-state index >= 15 is 0 Å². The molecule has 1 N–H and O–H groups in total. The molecule has 0 bridgehead atoms. The summed E-state index contributed by atoms with van der Waals surface area (Å²) in [6, 6.07) is 14.4. The number of aromatic nitrogens is 2. The first kappa shape index (κ1) is 23.4. The Kier molecular flexibility index (Phi) is 6.71.